The van der Waals surface area contributed by atoms with Gasteiger partial charge in [0.2, 0.25) is 5.91 Å². The Morgan fingerprint density at radius 2 is 2.20 bits per heavy atom. The van der Waals surface area contributed by atoms with Crippen LogP contribution in [0.2, 0.25) is 0 Å². The van der Waals surface area contributed by atoms with E-state index < -0.39 is 0 Å². The van der Waals surface area contributed by atoms with E-state index in [1.807, 2.05) is 12.1 Å². The number of amides is 1. The maximum atomic E-state index is 11.8. The average molecular weight is 277 g/mol. The fraction of sp³-hybridized carbons (Fsp3) is 0.533. The third-order valence-electron chi connectivity index (χ3n) is 3.40. The number of nitrogen functional groups attached to an aromatic ring is 1. The van der Waals surface area contributed by atoms with Gasteiger partial charge in [-0.15, -0.1) is 0 Å². The Balaban J connectivity index is 1.66. The van der Waals surface area contributed by atoms with Gasteiger partial charge in [0.15, 0.2) is 0 Å². The van der Waals surface area contributed by atoms with Crippen molar-refractivity contribution in [3.8, 4) is 0 Å². The highest BCUT2D eigenvalue weighted by Gasteiger charge is 2.16. The van der Waals surface area contributed by atoms with E-state index in [4.69, 9.17) is 10.5 Å². The maximum absolute atomic E-state index is 11.8. The van der Waals surface area contributed by atoms with Crippen LogP contribution in [0.25, 0.3) is 0 Å². The molecule has 20 heavy (non-hydrogen) atoms. The first-order chi connectivity index (χ1) is 9.63. The Hall–Kier alpha value is -1.59. The molecule has 1 aliphatic rings. The van der Waals surface area contributed by atoms with Crippen LogP contribution in [-0.4, -0.2) is 43.2 Å². The molecular weight excluding hydrogens is 254 g/mol. The lowest BCUT2D eigenvalue weighted by molar-refractivity contribution is -0.116. The number of hydrogen-bond donors (Lipinski definition) is 2. The average Bonchev–Trinajstić information content (AvgIpc) is 2.41. The number of nitrogens with zero attached hydrogens (tertiary/aromatic N) is 1. The smallest absolute Gasteiger partial charge is 0.224 e. The number of nitrogens with one attached hydrogen (secondary N) is 1. The van der Waals surface area contributed by atoms with Gasteiger partial charge in [-0.25, -0.2) is 0 Å². The number of hydrogen-bond acceptors (Lipinski definition) is 4. The van der Waals surface area contributed by atoms with Gasteiger partial charge in [0.1, 0.15) is 0 Å². The second kappa shape index (κ2) is 7.26. The van der Waals surface area contributed by atoms with E-state index in [1.54, 1.807) is 12.1 Å². The summed E-state index contributed by atoms with van der Waals surface area (Å²) < 4.78 is 5.49. The molecule has 1 unspecified atom stereocenters. The second-order valence-electron chi connectivity index (χ2n) is 5.26. The van der Waals surface area contributed by atoms with Crippen LogP contribution in [0, 0.1) is 0 Å². The molecule has 1 heterocycles. The van der Waals surface area contributed by atoms with Crippen molar-refractivity contribution < 1.29 is 9.53 Å². The summed E-state index contributed by atoms with van der Waals surface area (Å²) in [6, 6.07) is 7.20. The van der Waals surface area contributed by atoms with E-state index in [-0.39, 0.29) is 5.91 Å². The van der Waals surface area contributed by atoms with Gasteiger partial charge < -0.3 is 15.8 Å². The zero-order valence-corrected chi connectivity index (χ0v) is 12.0. The Kier molecular flexibility index (Phi) is 5.38. The second-order valence-corrected chi connectivity index (χ2v) is 5.26. The summed E-state index contributed by atoms with van der Waals surface area (Å²) in [5.41, 5.74) is 7.10. The molecule has 0 aliphatic carbocycles. The minimum atomic E-state index is 0.0519. The highest BCUT2D eigenvalue weighted by molar-refractivity contribution is 5.90. The molecule has 0 radical (unpaired) electrons. The van der Waals surface area contributed by atoms with Gasteiger partial charge in [-0.1, -0.05) is 0 Å². The molecule has 0 spiro atoms. The van der Waals surface area contributed by atoms with Crippen LogP contribution < -0.4 is 11.1 Å². The molecule has 1 atom stereocenters. The molecule has 2 rings (SSSR count). The van der Waals surface area contributed by atoms with Gasteiger partial charge in [0, 0.05) is 30.9 Å². The topological polar surface area (TPSA) is 67.6 Å². The molecule has 110 valence electrons. The summed E-state index contributed by atoms with van der Waals surface area (Å²) in [6.07, 6.45) is 1.70. The van der Waals surface area contributed by atoms with Crippen molar-refractivity contribution in [2.45, 2.75) is 25.9 Å². The molecule has 3 N–H and O–H groups in total. The van der Waals surface area contributed by atoms with Gasteiger partial charge in [-0.3, -0.25) is 9.69 Å². The van der Waals surface area contributed by atoms with Crippen LogP contribution in [0.3, 0.4) is 0 Å². The summed E-state index contributed by atoms with van der Waals surface area (Å²) in [5.74, 6) is 0.0519. The molecule has 1 saturated heterocycles. The number of anilines is 2. The van der Waals surface area contributed by atoms with Gasteiger partial charge in [-0.2, -0.15) is 0 Å². The quantitative estimate of drug-likeness (QED) is 0.804. The lowest BCUT2D eigenvalue weighted by Gasteiger charge is -2.30. The molecule has 1 aromatic carbocycles. The predicted octanol–water partition coefficient (Wildman–Crippen LogP) is 1.71. The zero-order chi connectivity index (χ0) is 14.4. The van der Waals surface area contributed by atoms with Crippen molar-refractivity contribution in [2.75, 3.05) is 37.3 Å². The number of morpholine rings is 1. The highest BCUT2D eigenvalue weighted by atomic mass is 16.5. The number of benzene rings is 1. The van der Waals surface area contributed by atoms with Gasteiger partial charge in [-0.05, 0) is 44.2 Å². The fourth-order valence-electron chi connectivity index (χ4n) is 2.35. The van der Waals surface area contributed by atoms with Gasteiger partial charge >= 0.3 is 0 Å². The molecule has 0 aromatic heterocycles. The molecular formula is C15H23N3O2. The Morgan fingerprint density at radius 1 is 1.45 bits per heavy atom. The van der Waals surface area contributed by atoms with E-state index in [0.717, 1.165) is 38.3 Å². The number of rotatable bonds is 5. The molecule has 0 bridgehead atoms. The van der Waals surface area contributed by atoms with Crippen LogP contribution in [0.5, 0.6) is 0 Å². The van der Waals surface area contributed by atoms with Crippen LogP contribution in [0.15, 0.2) is 24.3 Å². The summed E-state index contributed by atoms with van der Waals surface area (Å²) in [6.45, 7) is 5.74. The minimum absolute atomic E-state index is 0.0519. The van der Waals surface area contributed by atoms with E-state index in [0.29, 0.717) is 18.2 Å². The number of nitrogens with two attached hydrogens (primary N) is 1. The standard InChI is InChI=1S/C15H23N3O2/c1-12-11-18(9-10-20-12)8-2-3-15(19)17-14-6-4-13(16)5-7-14/h4-7,12H,2-3,8-11,16H2,1H3,(H,17,19). The molecule has 1 amide bonds. The molecule has 1 fully saturated rings. The summed E-state index contributed by atoms with van der Waals surface area (Å²) >= 11 is 0. The van der Waals surface area contributed by atoms with Crippen molar-refractivity contribution in [1.82, 2.24) is 4.90 Å². The van der Waals surface area contributed by atoms with Crippen molar-refractivity contribution >= 4 is 17.3 Å². The summed E-state index contributed by atoms with van der Waals surface area (Å²) in [4.78, 5) is 14.2. The van der Waals surface area contributed by atoms with Gasteiger partial charge in [0.05, 0.1) is 12.7 Å². The first-order valence-electron chi connectivity index (χ1n) is 7.13. The lowest BCUT2D eigenvalue weighted by atomic mass is 10.2. The molecule has 1 aromatic rings. The van der Waals surface area contributed by atoms with Crippen molar-refractivity contribution in [3.63, 3.8) is 0 Å². The first-order valence-corrected chi connectivity index (χ1v) is 7.13. The van der Waals surface area contributed by atoms with Crippen molar-refractivity contribution in [1.29, 1.82) is 0 Å². The van der Waals surface area contributed by atoms with E-state index in [9.17, 15) is 4.79 Å². The highest BCUT2D eigenvalue weighted by Crippen LogP contribution is 2.11. The SMILES string of the molecule is CC1CN(CCCC(=O)Nc2ccc(N)cc2)CCO1. The van der Waals surface area contributed by atoms with Crippen LogP contribution in [0.1, 0.15) is 19.8 Å². The van der Waals surface area contributed by atoms with Crippen LogP contribution in [-0.2, 0) is 9.53 Å². The number of carbonyl (C=O) groups excluding carboxylic acids is 1. The van der Waals surface area contributed by atoms with Crippen LogP contribution >= 0.6 is 0 Å². The first kappa shape index (κ1) is 14.8. The van der Waals surface area contributed by atoms with Crippen LogP contribution in [0.4, 0.5) is 11.4 Å². The fourth-order valence-corrected chi connectivity index (χ4v) is 2.35. The molecule has 5 heteroatoms. The minimum Gasteiger partial charge on any atom is -0.399 e. The predicted molar refractivity (Wildman–Crippen MR) is 80.6 cm³/mol. The monoisotopic (exact) mass is 277 g/mol. The van der Waals surface area contributed by atoms with Crippen molar-refractivity contribution in [3.05, 3.63) is 24.3 Å². The lowest BCUT2D eigenvalue weighted by Crippen LogP contribution is -2.41. The molecule has 1 aliphatic heterocycles. The maximum Gasteiger partial charge on any atom is 0.224 e. The van der Waals surface area contributed by atoms with E-state index >= 15 is 0 Å². The zero-order valence-electron chi connectivity index (χ0n) is 12.0. The van der Waals surface area contributed by atoms with Crippen molar-refractivity contribution in [2.24, 2.45) is 0 Å². The third kappa shape index (κ3) is 4.83. The summed E-state index contributed by atoms with van der Waals surface area (Å²) in [7, 11) is 0. The van der Waals surface area contributed by atoms with E-state index in [2.05, 4.69) is 17.1 Å². The summed E-state index contributed by atoms with van der Waals surface area (Å²) in [5, 5.41) is 2.88. The normalized spacial score (nSPS) is 19.8. The Bertz CT molecular complexity index is 433. The Morgan fingerprint density at radius 3 is 2.90 bits per heavy atom. The molecule has 0 saturated carbocycles. The number of carbonyl (C=O) groups is 1. The number of ether oxygens (including phenoxy) is 1. The molecule has 5 nitrogen and oxygen atoms in total. The largest absolute Gasteiger partial charge is 0.399 e. The van der Waals surface area contributed by atoms with Gasteiger partial charge in [0.25, 0.3) is 0 Å². The Labute approximate surface area is 120 Å². The third-order valence-corrected chi connectivity index (χ3v) is 3.40. The van der Waals surface area contributed by atoms with E-state index in [1.165, 1.54) is 0 Å².